The monoisotopic (exact) mass is 409 g/mol. The van der Waals surface area contributed by atoms with Gasteiger partial charge in [0.1, 0.15) is 23.8 Å². The molecule has 2 heterocycles. The second-order valence-corrected chi connectivity index (χ2v) is 7.13. The number of hydrogen-bond acceptors (Lipinski definition) is 6. The minimum Gasteiger partial charge on any atom is -0.486 e. The van der Waals surface area contributed by atoms with E-state index in [0.29, 0.717) is 40.8 Å². The summed E-state index contributed by atoms with van der Waals surface area (Å²) in [4.78, 5) is 25.5. The number of amides is 1. The van der Waals surface area contributed by atoms with E-state index >= 15 is 0 Å². The van der Waals surface area contributed by atoms with Crippen molar-refractivity contribution in [1.29, 1.82) is 0 Å². The van der Waals surface area contributed by atoms with Crippen LogP contribution in [0.5, 0.6) is 11.5 Å². The summed E-state index contributed by atoms with van der Waals surface area (Å²) in [6.07, 6.45) is 0. The van der Waals surface area contributed by atoms with Gasteiger partial charge in [-0.05, 0) is 30.7 Å². The van der Waals surface area contributed by atoms with Crippen molar-refractivity contribution in [2.45, 2.75) is 6.92 Å². The Bertz CT molecular complexity index is 1040. The number of hydrogen-bond donors (Lipinski definition) is 1. The van der Waals surface area contributed by atoms with Gasteiger partial charge in [0.05, 0.1) is 6.61 Å². The van der Waals surface area contributed by atoms with Crippen LogP contribution >= 0.6 is 11.3 Å². The Hall–Kier alpha value is -3.32. The summed E-state index contributed by atoms with van der Waals surface area (Å²) in [5.41, 5.74) is 2.38. The lowest BCUT2D eigenvalue weighted by Gasteiger charge is -2.18. The third-order valence-electron chi connectivity index (χ3n) is 4.39. The van der Waals surface area contributed by atoms with Crippen LogP contribution in [0.15, 0.2) is 53.9 Å². The van der Waals surface area contributed by atoms with E-state index in [1.807, 2.05) is 35.7 Å². The summed E-state index contributed by atoms with van der Waals surface area (Å²) in [5.74, 6) is 0.340. The highest BCUT2D eigenvalue weighted by Gasteiger charge is 2.23. The molecule has 0 saturated heterocycles. The molecule has 0 aliphatic carbocycles. The predicted molar refractivity (Wildman–Crippen MR) is 111 cm³/mol. The molecule has 6 nitrogen and oxygen atoms in total. The molecule has 1 aliphatic rings. The van der Waals surface area contributed by atoms with Crippen LogP contribution in [-0.2, 0) is 4.74 Å². The van der Waals surface area contributed by atoms with E-state index in [1.165, 1.54) is 11.3 Å². The Kier molecular flexibility index (Phi) is 5.48. The molecule has 1 amide bonds. The van der Waals surface area contributed by atoms with Gasteiger partial charge in [-0.3, -0.25) is 4.79 Å². The molecule has 0 atom stereocenters. The first-order chi connectivity index (χ1) is 14.2. The molecule has 0 radical (unpaired) electrons. The van der Waals surface area contributed by atoms with Crippen LogP contribution in [0.25, 0.3) is 11.1 Å². The number of thiophene rings is 1. The van der Waals surface area contributed by atoms with Gasteiger partial charge in [0.25, 0.3) is 5.91 Å². The van der Waals surface area contributed by atoms with E-state index in [4.69, 9.17) is 14.2 Å². The average molecular weight is 409 g/mol. The third-order valence-corrected chi connectivity index (χ3v) is 5.28. The Morgan fingerprint density at radius 3 is 2.59 bits per heavy atom. The van der Waals surface area contributed by atoms with Gasteiger partial charge in [0, 0.05) is 16.5 Å². The second kappa shape index (κ2) is 8.36. The van der Waals surface area contributed by atoms with E-state index in [0.717, 1.165) is 11.1 Å². The van der Waals surface area contributed by atoms with Crippen molar-refractivity contribution < 1.29 is 23.8 Å². The van der Waals surface area contributed by atoms with Crippen molar-refractivity contribution in [1.82, 2.24) is 0 Å². The van der Waals surface area contributed by atoms with E-state index in [1.54, 1.807) is 25.1 Å². The topological polar surface area (TPSA) is 73.9 Å². The number of esters is 1. The smallest absolute Gasteiger partial charge is 0.341 e. The maximum atomic E-state index is 12.8. The molecule has 1 aromatic heterocycles. The highest BCUT2D eigenvalue weighted by Crippen LogP contribution is 2.37. The molecule has 7 heteroatoms. The molecular formula is C22H19NO5S. The second-order valence-electron chi connectivity index (χ2n) is 6.25. The number of carbonyl (C=O) groups excluding carboxylic acids is 2. The van der Waals surface area contributed by atoms with Crippen LogP contribution in [0.3, 0.4) is 0 Å². The summed E-state index contributed by atoms with van der Waals surface area (Å²) in [6.45, 7) is 2.92. The fourth-order valence-corrected chi connectivity index (χ4v) is 4.00. The van der Waals surface area contributed by atoms with Crippen LogP contribution in [0.2, 0.25) is 0 Å². The number of ether oxygens (including phenoxy) is 3. The van der Waals surface area contributed by atoms with Gasteiger partial charge in [-0.1, -0.05) is 30.3 Å². The first-order valence-electron chi connectivity index (χ1n) is 9.22. The van der Waals surface area contributed by atoms with Crippen LogP contribution in [0.4, 0.5) is 5.00 Å². The molecule has 0 bridgehead atoms. The first-order valence-corrected chi connectivity index (χ1v) is 10.1. The number of carbonyl (C=O) groups is 2. The normalized spacial score (nSPS) is 12.3. The zero-order valence-electron chi connectivity index (χ0n) is 15.8. The Morgan fingerprint density at radius 2 is 1.83 bits per heavy atom. The van der Waals surface area contributed by atoms with Crippen LogP contribution in [0, 0.1) is 0 Å². The number of nitrogens with one attached hydrogen (secondary N) is 1. The summed E-state index contributed by atoms with van der Waals surface area (Å²) >= 11 is 1.29. The molecule has 1 N–H and O–H groups in total. The molecule has 29 heavy (non-hydrogen) atoms. The average Bonchev–Trinajstić information content (AvgIpc) is 3.17. The zero-order valence-corrected chi connectivity index (χ0v) is 16.6. The van der Waals surface area contributed by atoms with E-state index in [-0.39, 0.29) is 12.5 Å². The molecule has 0 saturated carbocycles. The fraction of sp³-hybridized carbons (Fsp3) is 0.182. The lowest BCUT2D eigenvalue weighted by atomic mass is 10.0. The Morgan fingerprint density at radius 1 is 1.07 bits per heavy atom. The van der Waals surface area contributed by atoms with Gasteiger partial charge < -0.3 is 19.5 Å². The maximum Gasteiger partial charge on any atom is 0.341 e. The third kappa shape index (κ3) is 3.95. The quantitative estimate of drug-likeness (QED) is 0.623. The number of anilines is 1. The van der Waals surface area contributed by atoms with Crippen LogP contribution < -0.4 is 14.8 Å². The fourth-order valence-electron chi connectivity index (χ4n) is 3.05. The molecular weight excluding hydrogens is 390 g/mol. The standard InChI is InChI=1S/C22H19NO5S/c1-2-26-22(25)19-16(14-6-4-3-5-7-14)13-29-21(19)23-20(24)15-8-9-17-18(12-15)28-11-10-27-17/h3-9,12-13H,2,10-11H2,1H3,(H,23,24). The van der Waals surface area contributed by atoms with Crippen molar-refractivity contribution in [2.75, 3.05) is 25.1 Å². The van der Waals surface area contributed by atoms with Crippen molar-refractivity contribution in [3.63, 3.8) is 0 Å². The van der Waals surface area contributed by atoms with E-state index in [9.17, 15) is 9.59 Å². The number of benzene rings is 2. The molecule has 4 rings (SSSR count). The van der Waals surface area contributed by atoms with Crippen molar-refractivity contribution >= 4 is 28.2 Å². The van der Waals surface area contributed by atoms with Gasteiger partial charge in [-0.25, -0.2) is 4.79 Å². The molecule has 1 aliphatic heterocycles. The van der Waals surface area contributed by atoms with Gasteiger partial charge >= 0.3 is 5.97 Å². The summed E-state index contributed by atoms with van der Waals surface area (Å²) in [7, 11) is 0. The van der Waals surface area contributed by atoms with Crippen molar-refractivity contribution in [3.05, 3.63) is 65.0 Å². The van der Waals surface area contributed by atoms with Gasteiger partial charge in [0.2, 0.25) is 0 Å². The molecule has 0 spiro atoms. The lowest BCUT2D eigenvalue weighted by Crippen LogP contribution is -2.18. The minimum atomic E-state index is -0.468. The molecule has 0 fully saturated rings. The minimum absolute atomic E-state index is 0.248. The van der Waals surface area contributed by atoms with Crippen molar-refractivity contribution in [3.8, 4) is 22.6 Å². The highest BCUT2D eigenvalue weighted by atomic mass is 32.1. The Labute approximate surface area is 172 Å². The Balaban J connectivity index is 1.65. The maximum absolute atomic E-state index is 12.8. The SMILES string of the molecule is CCOC(=O)c1c(-c2ccccc2)csc1NC(=O)c1ccc2c(c1)OCCO2. The highest BCUT2D eigenvalue weighted by molar-refractivity contribution is 7.15. The van der Waals surface area contributed by atoms with E-state index in [2.05, 4.69) is 5.32 Å². The first kappa shape index (κ1) is 19.0. The summed E-state index contributed by atoms with van der Waals surface area (Å²) < 4.78 is 16.3. The van der Waals surface area contributed by atoms with Gasteiger partial charge in [-0.15, -0.1) is 11.3 Å². The zero-order chi connectivity index (χ0) is 20.2. The van der Waals surface area contributed by atoms with Crippen LogP contribution in [0.1, 0.15) is 27.6 Å². The van der Waals surface area contributed by atoms with Crippen LogP contribution in [-0.4, -0.2) is 31.7 Å². The van der Waals surface area contributed by atoms with E-state index < -0.39 is 5.97 Å². The summed E-state index contributed by atoms with van der Waals surface area (Å²) in [5, 5.41) is 5.14. The van der Waals surface area contributed by atoms with Gasteiger partial charge in [0.15, 0.2) is 11.5 Å². The number of rotatable bonds is 5. The molecule has 148 valence electrons. The lowest BCUT2D eigenvalue weighted by molar-refractivity contribution is 0.0529. The van der Waals surface area contributed by atoms with Crippen molar-refractivity contribution in [2.24, 2.45) is 0 Å². The molecule has 3 aromatic rings. The molecule has 0 unspecified atom stereocenters. The van der Waals surface area contributed by atoms with Gasteiger partial charge in [-0.2, -0.15) is 0 Å². The largest absolute Gasteiger partial charge is 0.486 e. The number of fused-ring (bicyclic) bond motifs is 1. The predicted octanol–water partition coefficient (Wildman–Crippen LogP) is 4.62. The molecule has 2 aromatic carbocycles. The summed E-state index contributed by atoms with van der Waals surface area (Å²) in [6, 6.07) is 14.5.